The van der Waals surface area contributed by atoms with Crippen molar-refractivity contribution < 1.29 is 36.9 Å². The van der Waals surface area contributed by atoms with Crippen molar-refractivity contribution in [3.8, 4) is 10.8 Å². The first-order chi connectivity index (χ1) is 13.1. The fourth-order valence-corrected chi connectivity index (χ4v) is 3.84. The summed E-state index contributed by atoms with van der Waals surface area (Å²) in [5.74, 6) is -1.70. The van der Waals surface area contributed by atoms with E-state index in [1.165, 1.54) is 30.7 Å². The molecule has 0 spiro atoms. The molecular weight excluding hydrogens is 402 g/mol. The Labute approximate surface area is 160 Å². The van der Waals surface area contributed by atoms with Gasteiger partial charge in [0.2, 0.25) is 0 Å². The Morgan fingerprint density at radius 2 is 2.00 bits per heavy atom. The number of aliphatic carboxylic acids is 1. The Balaban J connectivity index is 2.06. The number of aromatic nitrogens is 1. The summed E-state index contributed by atoms with van der Waals surface area (Å²) in [6, 6.07) is 3.91. The molecule has 0 aliphatic carbocycles. The Morgan fingerprint density at radius 1 is 1.29 bits per heavy atom. The third-order valence-electron chi connectivity index (χ3n) is 4.24. The minimum Gasteiger partial charge on any atom is -0.494 e. The monoisotopic (exact) mass is 417 g/mol. The van der Waals surface area contributed by atoms with Crippen LogP contribution in [0.2, 0.25) is 0 Å². The lowest BCUT2D eigenvalue weighted by atomic mass is 10.1. The van der Waals surface area contributed by atoms with E-state index in [-0.39, 0.29) is 23.8 Å². The smallest absolute Gasteiger partial charge is 0.494 e. The van der Waals surface area contributed by atoms with Crippen LogP contribution in [0.5, 0.6) is 10.8 Å². The molecule has 2 aromatic heterocycles. The minimum atomic E-state index is -4.79. The second kappa shape index (κ2) is 7.34. The number of ether oxygens (including phenoxy) is 2. The third kappa shape index (κ3) is 4.06. The Hall–Kier alpha value is -2.75. The van der Waals surface area contributed by atoms with Gasteiger partial charge in [0, 0.05) is 23.7 Å². The Kier molecular flexibility index (Phi) is 5.24. The predicted octanol–water partition coefficient (Wildman–Crippen LogP) is 4.73. The highest BCUT2D eigenvalue weighted by Gasteiger charge is 2.31. The zero-order chi connectivity index (χ0) is 20.6. The summed E-state index contributed by atoms with van der Waals surface area (Å²) in [6.07, 6.45) is -5.07. The lowest BCUT2D eigenvalue weighted by Crippen LogP contribution is -2.16. The van der Waals surface area contributed by atoms with Crippen LogP contribution in [0, 0.1) is 12.7 Å². The largest absolute Gasteiger partial charge is 0.573 e. The Bertz CT molecular complexity index is 1040. The summed E-state index contributed by atoms with van der Waals surface area (Å²) < 4.78 is 61.9. The van der Waals surface area contributed by atoms with Crippen molar-refractivity contribution in [2.24, 2.45) is 0 Å². The van der Waals surface area contributed by atoms with E-state index >= 15 is 0 Å². The highest BCUT2D eigenvalue weighted by Crippen LogP contribution is 2.34. The first kappa shape index (κ1) is 20.0. The van der Waals surface area contributed by atoms with Gasteiger partial charge in [-0.2, -0.15) is 0 Å². The highest BCUT2D eigenvalue weighted by molar-refractivity contribution is 7.12. The minimum absolute atomic E-state index is 0.0207. The molecule has 0 atom stereocenters. The number of hydrogen-bond donors (Lipinski definition) is 1. The number of fused-ring (bicyclic) bond motifs is 1. The molecule has 0 amide bonds. The van der Waals surface area contributed by atoms with E-state index in [1.807, 2.05) is 0 Å². The van der Waals surface area contributed by atoms with Gasteiger partial charge in [-0.3, -0.25) is 4.79 Å². The van der Waals surface area contributed by atoms with Crippen LogP contribution in [0.25, 0.3) is 10.9 Å². The molecule has 150 valence electrons. The second-order valence-electron chi connectivity index (χ2n) is 6.05. The lowest BCUT2D eigenvalue weighted by Gasteiger charge is -2.08. The van der Waals surface area contributed by atoms with E-state index in [9.17, 15) is 27.5 Å². The van der Waals surface area contributed by atoms with Crippen molar-refractivity contribution in [2.45, 2.75) is 26.3 Å². The summed E-state index contributed by atoms with van der Waals surface area (Å²) >= 11 is 0.790. The summed E-state index contributed by atoms with van der Waals surface area (Å²) in [4.78, 5) is 11.3. The molecule has 1 N–H and O–H groups in total. The SMILES string of the molecule is COc1cc2c(CC(=O)O)c(C)n(Cc3csc(OC(F)(F)F)c3)c2cc1F. The van der Waals surface area contributed by atoms with E-state index in [2.05, 4.69) is 4.74 Å². The number of benzene rings is 1. The maximum absolute atomic E-state index is 14.2. The molecule has 2 heterocycles. The maximum Gasteiger partial charge on any atom is 0.573 e. The van der Waals surface area contributed by atoms with Gasteiger partial charge in [0.15, 0.2) is 16.6 Å². The van der Waals surface area contributed by atoms with Gasteiger partial charge in [0.25, 0.3) is 0 Å². The molecule has 5 nitrogen and oxygen atoms in total. The number of nitrogens with zero attached hydrogens (tertiary/aromatic N) is 1. The third-order valence-corrected chi connectivity index (χ3v) is 5.10. The average Bonchev–Trinajstić information content (AvgIpc) is 3.10. The molecule has 3 rings (SSSR count). The fraction of sp³-hybridized carbons (Fsp3) is 0.278. The van der Waals surface area contributed by atoms with E-state index < -0.39 is 18.1 Å². The van der Waals surface area contributed by atoms with Crippen LogP contribution >= 0.6 is 11.3 Å². The van der Waals surface area contributed by atoms with Crippen molar-refractivity contribution in [1.29, 1.82) is 0 Å². The molecule has 0 fully saturated rings. The first-order valence-electron chi connectivity index (χ1n) is 7.99. The molecule has 1 aromatic carbocycles. The number of carboxylic acids is 1. The van der Waals surface area contributed by atoms with Crippen molar-refractivity contribution in [3.63, 3.8) is 0 Å². The number of rotatable bonds is 6. The topological polar surface area (TPSA) is 60.7 Å². The van der Waals surface area contributed by atoms with Crippen molar-refractivity contribution in [3.05, 3.63) is 46.2 Å². The van der Waals surface area contributed by atoms with E-state index in [0.717, 1.165) is 11.3 Å². The number of alkyl halides is 3. The normalized spacial score (nSPS) is 11.8. The summed E-state index contributed by atoms with van der Waals surface area (Å²) in [6.45, 7) is 1.81. The summed E-state index contributed by atoms with van der Waals surface area (Å²) in [5.41, 5.74) is 2.01. The number of thiophene rings is 1. The van der Waals surface area contributed by atoms with Gasteiger partial charge in [-0.05, 0) is 35.6 Å². The van der Waals surface area contributed by atoms with Crippen molar-refractivity contribution in [1.82, 2.24) is 4.57 Å². The molecule has 0 bridgehead atoms. The van der Waals surface area contributed by atoms with Gasteiger partial charge in [0.1, 0.15) is 0 Å². The molecule has 0 saturated heterocycles. The van der Waals surface area contributed by atoms with Gasteiger partial charge in [-0.1, -0.05) is 0 Å². The van der Waals surface area contributed by atoms with Crippen molar-refractivity contribution >= 4 is 28.2 Å². The number of methoxy groups -OCH3 is 1. The van der Waals surface area contributed by atoms with Crippen LogP contribution in [0.15, 0.2) is 23.6 Å². The Morgan fingerprint density at radius 3 is 2.61 bits per heavy atom. The molecule has 0 saturated carbocycles. The zero-order valence-electron chi connectivity index (χ0n) is 14.8. The second-order valence-corrected chi connectivity index (χ2v) is 6.92. The molecule has 0 aliphatic heterocycles. The van der Waals surface area contributed by atoms with Crippen LogP contribution < -0.4 is 9.47 Å². The van der Waals surface area contributed by atoms with Gasteiger partial charge in [0.05, 0.1) is 19.0 Å². The molecular formula is C18H15F4NO4S. The predicted molar refractivity (Wildman–Crippen MR) is 94.6 cm³/mol. The summed E-state index contributed by atoms with van der Waals surface area (Å²) in [5, 5.41) is 10.9. The number of carboxylic acid groups (broad SMARTS) is 1. The van der Waals surface area contributed by atoms with E-state index in [0.29, 0.717) is 27.7 Å². The molecule has 3 aromatic rings. The van der Waals surface area contributed by atoms with Crippen LogP contribution in [0.4, 0.5) is 17.6 Å². The average molecular weight is 417 g/mol. The zero-order valence-corrected chi connectivity index (χ0v) is 15.6. The lowest BCUT2D eigenvalue weighted by molar-refractivity contribution is -0.273. The highest BCUT2D eigenvalue weighted by atomic mass is 32.1. The maximum atomic E-state index is 14.2. The van der Waals surface area contributed by atoms with Gasteiger partial charge < -0.3 is 19.1 Å². The van der Waals surface area contributed by atoms with E-state index in [1.54, 1.807) is 11.5 Å². The molecule has 28 heavy (non-hydrogen) atoms. The fourth-order valence-electron chi connectivity index (χ4n) is 3.07. The van der Waals surface area contributed by atoms with Gasteiger partial charge in [-0.15, -0.1) is 24.5 Å². The van der Waals surface area contributed by atoms with E-state index in [4.69, 9.17) is 4.74 Å². The molecule has 10 heteroatoms. The van der Waals surface area contributed by atoms with Gasteiger partial charge in [-0.25, -0.2) is 4.39 Å². The number of halogens is 4. The molecule has 0 radical (unpaired) electrons. The number of hydrogen-bond acceptors (Lipinski definition) is 4. The summed E-state index contributed by atoms with van der Waals surface area (Å²) in [7, 11) is 1.30. The quantitative estimate of drug-likeness (QED) is 0.589. The van der Waals surface area contributed by atoms with Crippen LogP contribution in [-0.4, -0.2) is 29.1 Å². The van der Waals surface area contributed by atoms with Gasteiger partial charge >= 0.3 is 12.3 Å². The van der Waals surface area contributed by atoms with Crippen LogP contribution in [0.1, 0.15) is 16.8 Å². The molecule has 0 unspecified atom stereocenters. The first-order valence-corrected chi connectivity index (χ1v) is 8.87. The van der Waals surface area contributed by atoms with Crippen molar-refractivity contribution in [2.75, 3.05) is 7.11 Å². The van der Waals surface area contributed by atoms with Crippen LogP contribution in [-0.2, 0) is 17.8 Å². The standard InChI is InChI=1S/C18H15F4NO4S/c1-9-11(5-16(24)25)12-4-15(26-2)13(19)6-14(12)23(9)7-10-3-17(28-8-10)27-18(20,21)22/h3-4,6,8H,5,7H2,1-2H3,(H,24,25). The number of carbonyl (C=O) groups is 1. The molecule has 0 aliphatic rings. The van der Waals surface area contributed by atoms with Crippen LogP contribution in [0.3, 0.4) is 0 Å².